The zero-order valence-electron chi connectivity index (χ0n) is 10.00. The first kappa shape index (κ1) is 11.5. The van der Waals surface area contributed by atoms with E-state index < -0.39 is 0 Å². The minimum absolute atomic E-state index is 0.359. The second-order valence-electron chi connectivity index (χ2n) is 4.83. The van der Waals surface area contributed by atoms with Crippen LogP contribution < -0.4 is 5.73 Å². The topological polar surface area (TPSA) is 46.2 Å². The van der Waals surface area contributed by atoms with Gasteiger partial charge in [0.25, 0.3) is 0 Å². The third kappa shape index (κ3) is 2.07. The lowest BCUT2D eigenvalue weighted by Crippen LogP contribution is -2.08. The molecule has 2 rings (SSSR count). The average molecular weight is 219 g/mol. The fourth-order valence-electron chi connectivity index (χ4n) is 2.63. The highest BCUT2D eigenvalue weighted by atomic mass is 16.3. The molecular formula is C14H21NO. The largest absolute Gasteiger partial charge is 0.507 e. The predicted octanol–water partition coefficient (Wildman–Crippen LogP) is 2.72. The zero-order valence-corrected chi connectivity index (χ0v) is 10.00. The van der Waals surface area contributed by atoms with Gasteiger partial charge in [-0.2, -0.15) is 0 Å². The van der Waals surface area contributed by atoms with Crippen LogP contribution in [0.25, 0.3) is 0 Å². The molecule has 2 heteroatoms. The highest BCUT2D eigenvalue weighted by molar-refractivity contribution is 5.48. The van der Waals surface area contributed by atoms with E-state index >= 15 is 0 Å². The monoisotopic (exact) mass is 219 g/mol. The molecule has 0 aromatic heterocycles. The van der Waals surface area contributed by atoms with Gasteiger partial charge in [-0.1, -0.05) is 19.1 Å². The molecule has 1 aromatic rings. The van der Waals surface area contributed by atoms with Crippen LogP contribution in [0.3, 0.4) is 0 Å². The van der Waals surface area contributed by atoms with E-state index in [1.54, 1.807) is 0 Å². The maximum atomic E-state index is 10.3. The maximum Gasteiger partial charge on any atom is 0.122 e. The number of fused-ring (bicyclic) bond motifs is 1. The van der Waals surface area contributed by atoms with Crippen molar-refractivity contribution in [3.8, 4) is 5.75 Å². The van der Waals surface area contributed by atoms with E-state index in [2.05, 4.69) is 19.1 Å². The molecule has 0 amide bonds. The summed E-state index contributed by atoms with van der Waals surface area (Å²) in [4.78, 5) is 0. The Hall–Kier alpha value is -1.02. The second-order valence-corrected chi connectivity index (χ2v) is 4.83. The Bertz CT molecular complexity index is 373. The summed E-state index contributed by atoms with van der Waals surface area (Å²) in [5.74, 6) is 0.898. The van der Waals surface area contributed by atoms with Gasteiger partial charge in [0.05, 0.1) is 0 Å². The zero-order chi connectivity index (χ0) is 11.5. The average Bonchev–Trinajstić information content (AvgIpc) is 2.30. The van der Waals surface area contributed by atoms with Crippen LogP contribution >= 0.6 is 0 Å². The standard InChI is InChI=1S/C14H21NO/c1-10(8-9-15)12-7-6-11-4-2-3-5-13(11)14(12)16/h6-7,10,16H,2-5,8-9,15H2,1H3. The van der Waals surface area contributed by atoms with Crippen LogP contribution in [0, 0.1) is 0 Å². The molecule has 1 aliphatic rings. The second kappa shape index (κ2) is 4.88. The molecule has 1 aliphatic carbocycles. The molecule has 0 spiro atoms. The minimum Gasteiger partial charge on any atom is -0.507 e. The smallest absolute Gasteiger partial charge is 0.122 e. The number of aryl methyl sites for hydroxylation is 1. The van der Waals surface area contributed by atoms with E-state index in [9.17, 15) is 5.11 Å². The molecule has 1 atom stereocenters. The van der Waals surface area contributed by atoms with Crippen molar-refractivity contribution < 1.29 is 5.11 Å². The first-order chi connectivity index (χ1) is 7.74. The summed E-state index contributed by atoms with van der Waals surface area (Å²) in [5, 5.41) is 10.3. The van der Waals surface area contributed by atoms with Gasteiger partial charge in [-0.3, -0.25) is 0 Å². The third-order valence-electron chi connectivity index (χ3n) is 3.66. The van der Waals surface area contributed by atoms with Gasteiger partial charge in [-0.05, 0) is 61.3 Å². The van der Waals surface area contributed by atoms with Crippen molar-refractivity contribution in [3.05, 3.63) is 28.8 Å². The van der Waals surface area contributed by atoms with Crippen molar-refractivity contribution >= 4 is 0 Å². The number of rotatable bonds is 3. The van der Waals surface area contributed by atoms with Crippen molar-refractivity contribution in [3.63, 3.8) is 0 Å². The lowest BCUT2D eigenvalue weighted by atomic mass is 9.86. The highest BCUT2D eigenvalue weighted by Crippen LogP contribution is 2.36. The molecule has 88 valence electrons. The number of nitrogens with two attached hydrogens (primary N) is 1. The number of benzene rings is 1. The summed E-state index contributed by atoms with van der Waals surface area (Å²) in [7, 11) is 0. The Morgan fingerprint density at radius 2 is 2.06 bits per heavy atom. The molecule has 0 saturated heterocycles. The summed E-state index contributed by atoms with van der Waals surface area (Å²) in [6.07, 6.45) is 5.55. The Morgan fingerprint density at radius 1 is 1.31 bits per heavy atom. The van der Waals surface area contributed by atoms with E-state index in [1.807, 2.05) is 0 Å². The van der Waals surface area contributed by atoms with E-state index in [4.69, 9.17) is 5.73 Å². The SMILES string of the molecule is CC(CCN)c1ccc2c(c1O)CCCC2. The molecular weight excluding hydrogens is 198 g/mol. The molecule has 0 heterocycles. The number of hydrogen-bond acceptors (Lipinski definition) is 2. The molecule has 2 nitrogen and oxygen atoms in total. The van der Waals surface area contributed by atoms with Crippen molar-refractivity contribution in [1.82, 2.24) is 0 Å². The van der Waals surface area contributed by atoms with Crippen molar-refractivity contribution in [2.75, 3.05) is 6.54 Å². The molecule has 1 unspecified atom stereocenters. The van der Waals surface area contributed by atoms with Crippen LogP contribution in [-0.4, -0.2) is 11.7 Å². The van der Waals surface area contributed by atoms with E-state index in [0.717, 1.165) is 24.8 Å². The lowest BCUT2D eigenvalue weighted by molar-refractivity contribution is 0.448. The number of phenols is 1. The van der Waals surface area contributed by atoms with Gasteiger partial charge >= 0.3 is 0 Å². The Balaban J connectivity index is 2.33. The van der Waals surface area contributed by atoms with Gasteiger partial charge in [0.1, 0.15) is 5.75 Å². The third-order valence-corrected chi connectivity index (χ3v) is 3.66. The Morgan fingerprint density at radius 3 is 2.81 bits per heavy atom. The fourth-order valence-corrected chi connectivity index (χ4v) is 2.63. The Kier molecular flexibility index (Phi) is 3.49. The molecule has 0 radical (unpaired) electrons. The van der Waals surface area contributed by atoms with Crippen molar-refractivity contribution in [1.29, 1.82) is 0 Å². The molecule has 1 aromatic carbocycles. The van der Waals surface area contributed by atoms with Crippen LogP contribution in [-0.2, 0) is 12.8 Å². The number of aromatic hydroxyl groups is 1. The van der Waals surface area contributed by atoms with Gasteiger partial charge in [-0.15, -0.1) is 0 Å². The van der Waals surface area contributed by atoms with Crippen LogP contribution in [0.1, 0.15) is 48.8 Å². The summed E-state index contributed by atoms with van der Waals surface area (Å²) < 4.78 is 0. The molecule has 3 N–H and O–H groups in total. The van der Waals surface area contributed by atoms with Gasteiger partial charge < -0.3 is 10.8 Å². The van der Waals surface area contributed by atoms with Crippen LogP contribution in [0.4, 0.5) is 0 Å². The number of phenolic OH excluding ortho intramolecular Hbond substituents is 1. The maximum absolute atomic E-state index is 10.3. The lowest BCUT2D eigenvalue weighted by Gasteiger charge is -2.21. The first-order valence-corrected chi connectivity index (χ1v) is 6.27. The van der Waals surface area contributed by atoms with Gasteiger partial charge in [0, 0.05) is 0 Å². The molecule has 0 fully saturated rings. The van der Waals surface area contributed by atoms with Gasteiger partial charge in [0.15, 0.2) is 0 Å². The molecule has 0 aliphatic heterocycles. The van der Waals surface area contributed by atoms with Gasteiger partial charge in [0.2, 0.25) is 0 Å². The first-order valence-electron chi connectivity index (χ1n) is 6.27. The van der Waals surface area contributed by atoms with Crippen LogP contribution in [0.2, 0.25) is 0 Å². The van der Waals surface area contributed by atoms with Crippen molar-refractivity contribution in [2.24, 2.45) is 5.73 Å². The van der Waals surface area contributed by atoms with E-state index in [1.165, 1.54) is 24.0 Å². The van der Waals surface area contributed by atoms with E-state index in [0.29, 0.717) is 18.2 Å². The summed E-state index contributed by atoms with van der Waals surface area (Å²) in [5.41, 5.74) is 9.18. The van der Waals surface area contributed by atoms with E-state index in [-0.39, 0.29) is 0 Å². The summed E-state index contributed by atoms with van der Waals surface area (Å²) >= 11 is 0. The van der Waals surface area contributed by atoms with Crippen molar-refractivity contribution in [2.45, 2.75) is 44.9 Å². The quantitative estimate of drug-likeness (QED) is 0.821. The molecule has 16 heavy (non-hydrogen) atoms. The predicted molar refractivity (Wildman–Crippen MR) is 66.8 cm³/mol. The summed E-state index contributed by atoms with van der Waals surface area (Å²) in [6, 6.07) is 4.27. The van der Waals surface area contributed by atoms with Crippen LogP contribution in [0.5, 0.6) is 5.75 Å². The number of hydrogen-bond donors (Lipinski definition) is 2. The fraction of sp³-hybridized carbons (Fsp3) is 0.571. The van der Waals surface area contributed by atoms with Gasteiger partial charge in [-0.25, -0.2) is 0 Å². The highest BCUT2D eigenvalue weighted by Gasteiger charge is 2.18. The molecule has 0 bridgehead atoms. The van der Waals surface area contributed by atoms with Crippen LogP contribution in [0.15, 0.2) is 12.1 Å². The summed E-state index contributed by atoms with van der Waals surface area (Å²) in [6.45, 7) is 2.81. The normalized spacial score (nSPS) is 16.9. The minimum atomic E-state index is 0.359. The molecule has 0 saturated carbocycles. The Labute approximate surface area is 97.5 Å².